The lowest BCUT2D eigenvalue weighted by Gasteiger charge is -2.17. The number of aryl methyl sites for hydroxylation is 2. The molecule has 0 bridgehead atoms. The molecule has 0 amide bonds. The summed E-state index contributed by atoms with van der Waals surface area (Å²) in [7, 11) is 0. The fourth-order valence-corrected chi connectivity index (χ4v) is 2.54. The molecular formula is C20H27NO. The Morgan fingerprint density at radius 1 is 0.909 bits per heavy atom. The number of nitrogens with one attached hydrogen (secondary N) is 1. The normalized spacial score (nSPS) is 12.3. The first-order valence-electron chi connectivity index (χ1n) is 8.03. The van der Waals surface area contributed by atoms with Crippen molar-refractivity contribution in [3.63, 3.8) is 0 Å². The summed E-state index contributed by atoms with van der Waals surface area (Å²) in [6, 6.07) is 14.9. The van der Waals surface area contributed by atoms with Gasteiger partial charge in [-0.25, -0.2) is 0 Å². The molecule has 1 unspecified atom stereocenters. The summed E-state index contributed by atoms with van der Waals surface area (Å²) in [5.41, 5.74) is 5.05. The van der Waals surface area contributed by atoms with Crippen molar-refractivity contribution >= 4 is 5.69 Å². The third-order valence-corrected chi connectivity index (χ3v) is 3.70. The van der Waals surface area contributed by atoms with E-state index in [4.69, 9.17) is 4.74 Å². The van der Waals surface area contributed by atoms with Crippen LogP contribution in [0.3, 0.4) is 0 Å². The lowest BCUT2D eigenvalue weighted by atomic mass is 10.0. The van der Waals surface area contributed by atoms with Gasteiger partial charge in [-0.05, 0) is 67.6 Å². The van der Waals surface area contributed by atoms with Gasteiger partial charge in [0.25, 0.3) is 0 Å². The van der Waals surface area contributed by atoms with Gasteiger partial charge in [0.2, 0.25) is 0 Å². The van der Waals surface area contributed by atoms with Crippen LogP contribution < -0.4 is 10.1 Å². The summed E-state index contributed by atoms with van der Waals surface area (Å²) in [5.74, 6) is 1.48. The molecule has 2 nitrogen and oxygen atoms in total. The van der Waals surface area contributed by atoms with E-state index < -0.39 is 0 Å². The van der Waals surface area contributed by atoms with Crippen molar-refractivity contribution in [2.75, 3.05) is 11.9 Å². The molecule has 0 radical (unpaired) electrons. The number of hydrogen-bond donors (Lipinski definition) is 1. The summed E-state index contributed by atoms with van der Waals surface area (Å²) in [5, 5.41) is 3.45. The van der Waals surface area contributed by atoms with Crippen molar-refractivity contribution in [2.24, 2.45) is 0 Å². The third kappa shape index (κ3) is 4.80. The van der Waals surface area contributed by atoms with Crippen LogP contribution in [-0.2, 0) is 0 Å². The van der Waals surface area contributed by atoms with Crippen LogP contribution in [0.25, 0.3) is 0 Å². The van der Waals surface area contributed by atoms with E-state index in [0.29, 0.717) is 5.92 Å². The van der Waals surface area contributed by atoms with Gasteiger partial charge in [0.15, 0.2) is 0 Å². The van der Waals surface area contributed by atoms with Gasteiger partial charge in [0, 0.05) is 5.69 Å². The van der Waals surface area contributed by atoms with Gasteiger partial charge in [0.05, 0.1) is 6.54 Å². The van der Waals surface area contributed by atoms with Gasteiger partial charge in [-0.2, -0.15) is 0 Å². The van der Waals surface area contributed by atoms with Crippen LogP contribution in [0.5, 0.6) is 5.75 Å². The molecule has 118 valence electrons. The van der Waals surface area contributed by atoms with E-state index in [2.05, 4.69) is 82.4 Å². The Morgan fingerprint density at radius 3 is 2.05 bits per heavy atom. The maximum absolute atomic E-state index is 5.97. The summed E-state index contributed by atoms with van der Waals surface area (Å²) < 4.78 is 5.97. The highest BCUT2D eigenvalue weighted by Crippen LogP contribution is 2.20. The molecule has 0 fully saturated rings. The summed E-state index contributed by atoms with van der Waals surface area (Å²) in [6.45, 7) is 11.5. The fraction of sp³-hybridized carbons (Fsp3) is 0.400. The van der Waals surface area contributed by atoms with Crippen LogP contribution in [0, 0.1) is 13.8 Å². The molecule has 22 heavy (non-hydrogen) atoms. The zero-order valence-electron chi connectivity index (χ0n) is 14.3. The molecule has 0 aliphatic heterocycles. The molecule has 0 aliphatic carbocycles. The number of rotatable bonds is 6. The van der Waals surface area contributed by atoms with Gasteiger partial charge in [-0.3, -0.25) is 0 Å². The molecule has 0 aromatic heterocycles. The van der Waals surface area contributed by atoms with Crippen molar-refractivity contribution in [3.8, 4) is 5.75 Å². The molecule has 0 aliphatic rings. The van der Waals surface area contributed by atoms with Crippen LogP contribution in [0.1, 0.15) is 43.4 Å². The lowest BCUT2D eigenvalue weighted by molar-refractivity contribution is 0.234. The van der Waals surface area contributed by atoms with E-state index in [9.17, 15) is 0 Å². The molecule has 2 aromatic rings. The minimum atomic E-state index is 0.116. The number of ether oxygens (including phenoxy) is 1. The Hall–Kier alpha value is -1.96. The minimum absolute atomic E-state index is 0.116. The Kier molecular flexibility index (Phi) is 5.48. The molecular weight excluding hydrogens is 270 g/mol. The van der Waals surface area contributed by atoms with Crippen LogP contribution in [0.15, 0.2) is 42.5 Å². The van der Waals surface area contributed by atoms with Gasteiger partial charge in [-0.15, -0.1) is 0 Å². The van der Waals surface area contributed by atoms with Crippen molar-refractivity contribution < 1.29 is 4.74 Å². The van der Waals surface area contributed by atoms with Gasteiger partial charge < -0.3 is 10.1 Å². The average molecular weight is 297 g/mol. The number of anilines is 1. The summed E-state index contributed by atoms with van der Waals surface area (Å²) in [6.07, 6.45) is 0.116. The molecule has 2 heteroatoms. The highest BCUT2D eigenvalue weighted by atomic mass is 16.5. The topological polar surface area (TPSA) is 21.3 Å². The number of benzene rings is 2. The molecule has 1 atom stereocenters. The van der Waals surface area contributed by atoms with Crippen LogP contribution >= 0.6 is 0 Å². The monoisotopic (exact) mass is 297 g/mol. The zero-order valence-corrected chi connectivity index (χ0v) is 14.3. The maximum Gasteiger partial charge on any atom is 0.119 e. The van der Waals surface area contributed by atoms with E-state index in [-0.39, 0.29) is 6.10 Å². The SMILES string of the molecule is Cc1cc(C)cc(NCC(C)Oc2ccc(C(C)C)cc2)c1. The van der Waals surface area contributed by atoms with Gasteiger partial charge in [0.1, 0.15) is 11.9 Å². The fourth-order valence-electron chi connectivity index (χ4n) is 2.54. The van der Waals surface area contributed by atoms with Crippen LogP contribution in [0.2, 0.25) is 0 Å². The van der Waals surface area contributed by atoms with E-state index in [0.717, 1.165) is 18.0 Å². The van der Waals surface area contributed by atoms with E-state index in [1.165, 1.54) is 16.7 Å². The molecule has 1 N–H and O–H groups in total. The average Bonchev–Trinajstić information content (AvgIpc) is 2.45. The quantitative estimate of drug-likeness (QED) is 0.780. The highest BCUT2D eigenvalue weighted by Gasteiger charge is 2.05. The Labute approximate surface area is 134 Å². The van der Waals surface area contributed by atoms with Gasteiger partial charge >= 0.3 is 0 Å². The van der Waals surface area contributed by atoms with E-state index >= 15 is 0 Å². The van der Waals surface area contributed by atoms with Gasteiger partial charge in [-0.1, -0.05) is 32.0 Å². The van der Waals surface area contributed by atoms with Crippen molar-refractivity contribution in [1.82, 2.24) is 0 Å². The highest BCUT2D eigenvalue weighted by molar-refractivity contribution is 5.48. The lowest BCUT2D eigenvalue weighted by Crippen LogP contribution is -2.22. The first-order chi connectivity index (χ1) is 10.4. The third-order valence-electron chi connectivity index (χ3n) is 3.70. The van der Waals surface area contributed by atoms with Crippen LogP contribution in [0.4, 0.5) is 5.69 Å². The maximum atomic E-state index is 5.97. The Balaban J connectivity index is 1.88. The molecule has 2 rings (SSSR count). The number of hydrogen-bond acceptors (Lipinski definition) is 2. The summed E-state index contributed by atoms with van der Waals surface area (Å²) >= 11 is 0. The summed E-state index contributed by atoms with van der Waals surface area (Å²) in [4.78, 5) is 0. The Morgan fingerprint density at radius 2 is 1.50 bits per heavy atom. The second-order valence-electron chi connectivity index (χ2n) is 6.41. The first kappa shape index (κ1) is 16.4. The molecule has 0 spiro atoms. The molecule has 0 heterocycles. The van der Waals surface area contributed by atoms with Crippen molar-refractivity contribution in [1.29, 1.82) is 0 Å². The molecule has 2 aromatic carbocycles. The van der Waals surface area contributed by atoms with Crippen molar-refractivity contribution in [3.05, 3.63) is 59.2 Å². The second-order valence-corrected chi connectivity index (χ2v) is 6.41. The standard InChI is InChI=1S/C20H27NO/c1-14(2)18-6-8-20(9-7-18)22-17(5)13-21-19-11-15(3)10-16(4)12-19/h6-12,14,17,21H,13H2,1-5H3. The molecule has 0 saturated carbocycles. The Bertz CT molecular complexity index is 581. The zero-order chi connectivity index (χ0) is 16.1. The minimum Gasteiger partial charge on any atom is -0.489 e. The molecule has 0 saturated heterocycles. The predicted molar refractivity (Wildman–Crippen MR) is 95.0 cm³/mol. The van der Waals surface area contributed by atoms with Crippen LogP contribution in [-0.4, -0.2) is 12.6 Å². The first-order valence-corrected chi connectivity index (χ1v) is 8.03. The van der Waals surface area contributed by atoms with E-state index in [1.807, 2.05) is 0 Å². The predicted octanol–water partition coefficient (Wildman–Crippen LogP) is 5.31. The smallest absolute Gasteiger partial charge is 0.119 e. The second kappa shape index (κ2) is 7.35. The largest absolute Gasteiger partial charge is 0.489 e. The van der Waals surface area contributed by atoms with Crippen molar-refractivity contribution in [2.45, 2.75) is 46.6 Å². The van der Waals surface area contributed by atoms with E-state index in [1.54, 1.807) is 0 Å².